The Balaban J connectivity index is 1.51. The number of nitrogens with one attached hydrogen (secondary N) is 1. The molecule has 0 saturated heterocycles. The summed E-state index contributed by atoms with van der Waals surface area (Å²) in [7, 11) is 0. The lowest BCUT2D eigenvalue weighted by Gasteiger charge is -2.43. The van der Waals surface area contributed by atoms with Crippen molar-refractivity contribution in [1.29, 1.82) is 0 Å². The van der Waals surface area contributed by atoms with E-state index in [2.05, 4.69) is 53.0 Å². The van der Waals surface area contributed by atoms with Crippen LogP contribution in [0.25, 0.3) is 22.4 Å². The topological polar surface area (TPSA) is 80.7 Å². The summed E-state index contributed by atoms with van der Waals surface area (Å²) in [6.45, 7) is 5.62. The third-order valence-corrected chi connectivity index (χ3v) is 7.26. The molecule has 1 fully saturated rings. The van der Waals surface area contributed by atoms with E-state index in [4.69, 9.17) is 9.72 Å². The summed E-state index contributed by atoms with van der Waals surface area (Å²) in [4.78, 5) is 29.2. The van der Waals surface area contributed by atoms with Crippen molar-refractivity contribution in [3.05, 3.63) is 82.4 Å². The monoisotopic (exact) mass is 483 g/mol. The van der Waals surface area contributed by atoms with E-state index >= 15 is 0 Å². The van der Waals surface area contributed by atoms with Crippen molar-refractivity contribution in [3.63, 3.8) is 0 Å². The largest absolute Gasteiger partial charge is 0.444 e. The SMILES string of the molecule is CC(C)(C)OC(=O)NC1(c2ccc(-c3nc4c(cc3-c3ccccc3)C(N=O)CCC4)cc2)CCC1. The van der Waals surface area contributed by atoms with Gasteiger partial charge in [-0.05, 0) is 76.5 Å². The molecule has 36 heavy (non-hydrogen) atoms. The maximum Gasteiger partial charge on any atom is 0.408 e. The third kappa shape index (κ3) is 4.77. The Morgan fingerprint density at radius 3 is 2.36 bits per heavy atom. The second-order valence-corrected chi connectivity index (χ2v) is 10.9. The van der Waals surface area contributed by atoms with Gasteiger partial charge in [-0.25, -0.2) is 4.79 Å². The molecule has 2 aliphatic carbocycles. The first kappa shape index (κ1) is 24.2. The first-order valence-electron chi connectivity index (χ1n) is 12.8. The summed E-state index contributed by atoms with van der Waals surface area (Å²) >= 11 is 0. The lowest BCUT2D eigenvalue weighted by molar-refractivity contribution is 0.0377. The van der Waals surface area contributed by atoms with E-state index < -0.39 is 11.1 Å². The van der Waals surface area contributed by atoms with Crippen LogP contribution in [0.3, 0.4) is 0 Å². The number of rotatable bonds is 5. The van der Waals surface area contributed by atoms with Gasteiger partial charge in [0.25, 0.3) is 0 Å². The van der Waals surface area contributed by atoms with Crippen LogP contribution in [0, 0.1) is 4.91 Å². The van der Waals surface area contributed by atoms with Crippen molar-refractivity contribution in [2.45, 2.75) is 76.5 Å². The normalized spacial score (nSPS) is 18.5. The molecular formula is C30H33N3O3. The van der Waals surface area contributed by atoms with Crippen LogP contribution < -0.4 is 5.32 Å². The quantitative estimate of drug-likeness (QED) is 0.382. The molecule has 5 rings (SSSR count). The molecule has 1 atom stereocenters. The van der Waals surface area contributed by atoms with Crippen LogP contribution in [-0.4, -0.2) is 16.7 Å². The summed E-state index contributed by atoms with van der Waals surface area (Å²) in [6.07, 6.45) is 4.99. The van der Waals surface area contributed by atoms with Gasteiger partial charge in [-0.15, -0.1) is 0 Å². The molecule has 1 amide bonds. The molecule has 1 aromatic heterocycles. The fraction of sp³-hybridized carbons (Fsp3) is 0.400. The van der Waals surface area contributed by atoms with E-state index in [0.717, 1.165) is 77.7 Å². The highest BCUT2D eigenvalue weighted by molar-refractivity contribution is 5.82. The fourth-order valence-electron chi connectivity index (χ4n) is 5.30. The van der Waals surface area contributed by atoms with Crippen LogP contribution in [0.4, 0.5) is 4.79 Å². The van der Waals surface area contributed by atoms with Crippen molar-refractivity contribution >= 4 is 6.09 Å². The minimum absolute atomic E-state index is 0.336. The minimum Gasteiger partial charge on any atom is -0.444 e. The van der Waals surface area contributed by atoms with Crippen molar-refractivity contribution in [3.8, 4) is 22.4 Å². The number of carbonyl (C=O) groups is 1. The zero-order valence-electron chi connectivity index (χ0n) is 21.2. The standard InChI is InChI=1S/C30H33N3O3/c1-29(2,3)36-28(34)32-30(17-8-18-30)22-15-13-21(14-16-22)27-23(20-9-5-4-6-10-20)19-24-25(31-27)11-7-12-26(24)33-35/h4-6,9-10,13-16,19,26H,7-8,11-12,17-18H2,1-3H3,(H,32,34). The number of alkyl carbamates (subject to hydrolysis) is 1. The highest BCUT2D eigenvalue weighted by atomic mass is 16.6. The van der Waals surface area contributed by atoms with Crippen LogP contribution in [0.15, 0.2) is 65.8 Å². The Labute approximate surface area is 212 Å². The summed E-state index contributed by atoms with van der Waals surface area (Å²) in [5.41, 5.74) is 6.03. The van der Waals surface area contributed by atoms with E-state index in [1.165, 1.54) is 0 Å². The number of nitrogens with zero attached hydrogens (tertiary/aromatic N) is 2. The number of nitroso groups, excluding NO2 is 1. The number of pyridine rings is 1. The second-order valence-electron chi connectivity index (χ2n) is 10.9. The number of aromatic nitrogens is 1. The predicted molar refractivity (Wildman–Crippen MR) is 141 cm³/mol. The Hall–Kier alpha value is -3.54. The molecule has 1 unspecified atom stereocenters. The summed E-state index contributed by atoms with van der Waals surface area (Å²) < 4.78 is 5.53. The fourth-order valence-corrected chi connectivity index (χ4v) is 5.30. The molecule has 1 heterocycles. The van der Waals surface area contributed by atoms with Crippen molar-refractivity contribution in [1.82, 2.24) is 10.3 Å². The van der Waals surface area contributed by atoms with Crippen molar-refractivity contribution in [2.75, 3.05) is 0 Å². The van der Waals surface area contributed by atoms with E-state index in [0.29, 0.717) is 0 Å². The number of hydrogen-bond donors (Lipinski definition) is 1. The molecule has 1 saturated carbocycles. The number of carbonyl (C=O) groups excluding carboxylic acids is 1. The molecule has 186 valence electrons. The number of fused-ring (bicyclic) bond motifs is 1. The molecular weight excluding hydrogens is 450 g/mol. The van der Waals surface area contributed by atoms with Gasteiger partial charge >= 0.3 is 6.09 Å². The summed E-state index contributed by atoms with van der Waals surface area (Å²) in [6, 6.07) is 20.3. The van der Waals surface area contributed by atoms with Gasteiger partial charge in [0.1, 0.15) is 11.6 Å². The van der Waals surface area contributed by atoms with Gasteiger partial charge in [0.05, 0.1) is 11.2 Å². The van der Waals surface area contributed by atoms with Gasteiger partial charge in [0.2, 0.25) is 0 Å². The van der Waals surface area contributed by atoms with Gasteiger partial charge in [0.15, 0.2) is 0 Å². The molecule has 3 aromatic rings. The highest BCUT2D eigenvalue weighted by Crippen LogP contribution is 2.43. The minimum atomic E-state index is -0.538. The lowest BCUT2D eigenvalue weighted by Crippen LogP contribution is -2.52. The molecule has 0 spiro atoms. The highest BCUT2D eigenvalue weighted by Gasteiger charge is 2.41. The Bertz CT molecular complexity index is 1260. The molecule has 6 heteroatoms. The molecule has 2 aromatic carbocycles. The van der Waals surface area contributed by atoms with Crippen molar-refractivity contribution < 1.29 is 9.53 Å². The first-order chi connectivity index (χ1) is 17.3. The number of ether oxygens (including phenoxy) is 1. The average Bonchev–Trinajstić information content (AvgIpc) is 2.84. The van der Waals surface area contributed by atoms with Gasteiger partial charge < -0.3 is 10.1 Å². The van der Waals surface area contributed by atoms with Crippen LogP contribution in [-0.2, 0) is 16.7 Å². The number of aryl methyl sites for hydroxylation is 1. The van der Waals surface area contributed by atoms with Gasteiger partial charge in [-0.3, -0.25) is 4.98 Å². The molecule has 1 N–H and O–H groups in total. The van der Waals surface area contributed by atoms with Gasteiger partial charge in [-0.2, -0.15) is 4.91 Å². The third-order valence-electron chi connectivity index (χ3n) is 7.26. The number of amides is 1. The molecule has 0 bridgehead atoms. The second kappa shape index (κ2) is 9.49. The average molecular weight is 484 g/mol. The van der Waals surface area contributed by atoms with Crippen LogP contribution >= 0.6 is 0 Å². The Kier molecular flexibility index (Phi) is 6.37. The van der Waals surface area contributed by atoms with E-state index in [9.17, 15) is 9.70 Å². The van der Waals surface area contributed by atoms with Crippen molar-refractivity contribution in [2.24, 2.45) is 5.18 Å². The zero-order chi connectivity index (χ0) is 25.3. The van der Waals surface area contributed by atoms with Crippen LogP contribution in [0.1, 0.15) is 75.7 Å². The van der Waals surface area contributed by atoms with Gasteiger partial charge in [-0.1, -0.05) is 59.8 Å². The predicted octanol–water partition coefficient (Wildman–Crippen LogP) is 7.46. The smallest absolute Gasteiger partial charge is 0.408 e. The first-order valence-corrected chi connectivity index (χ1v) is 12.8. The number of benzene rings is 2. The summed E-state index contributed by atoms with van der Waals surface area (Å²) in [5.74, 6) is 0. The van der Waals surface area contributed by atoms with E-state index in [-0.39, 0.29) is 12.1 Å². The Morgan fingerprint density at radius 1 is 1.03 bits per heavy atom. The van der Waals surface area contributed by atoms with Crippen LogP contribution in [0.5, 0.6) is 0 Å². The molecule has 0 aliphatic heterocycles. The number of hydrogen-bond acceptors (Lipinski definition) is 5. The molecule has 6 nitrogen and oxygen atoms in total. The maximum atomic E-state index is 12.5. The maximum absolute atomic E-state index is 12.5. The van der Waals surface area contributed by atoms with E-state index in [1.807, 2.05) is 39.0 Å². The van der Waals surface area contributed by atoms with E-state index in [1.54, 1.807) is 0 Å². The molecule has 0 radical (unpaired) electrons. The van der Waals surface area contributed by atoms with Gasteiger partial charge in [0, 0.05) is 22.4 Å². The Morgan fingerprint density at radius 2 is 1.75 bits per heavy atom. The lowest BCUT2D eigenvalue weighted by atomic mass is 9.71. The van der Waals surface area contributed by atoms with Crippen LogP contribution in [0.2, 0.25) is 0 Å². The summed E-state index contributed by atoms with van der Waals surface area (Å²) in [5, 5.41) is 6.53. The zero-order valence-corrected chi connectivity index (χ0v) is 21.2. The molecule has 2 aliphatic rings.